The van der Waals surface area contributed by atoms with E-state index >= 15 is 0 Å². The lowest BCUT2D eigenvalue weighted by Crippen LogP contribution is -2.17. The molecule has 1 N–H and O–H groups in total. The van der Waals surface area contributed by atoms with Crippen molar-refractivity contribution in [1.29, 1.82) is 0 Å². The zero-order valence-electron chi connectivity index (χ0n) is 12.0. The van der Waals surface area contributed by atoms with Crippen LogP contribution >= 0.6 is 0 Å². The molecule has 0 aliphatic rings. The summed E-state index contributed by atoms with van der Waals surface area (Å²) in [5.74, 6) is -4.93. The molecule has 0 saturated heterocycles. The summed E-state index contributed by atoms with van der Waals surface area (Å²) in [5, 5.41) is 2.75. The monoisotopic (exact) mass is 358 g/mol. The molecule has 24 heavy (non-hydrogen) atoms. The highest BCUT2D eigenvalue weighted by molar-refractivity contribution is 7.92. The van der Waals surface area contributed by atoms with Crippen LogP contribution in [0.4, 0.5) is 24.5 Å². The van der Waals surface area contributed by atoms with E-state index in [1.165, 1.54) is 31.4 Å². The molecule has 0 aromatic heterocycles. The average Bonchev–Trinajstić information content (AvgIpc) is 2.52. The maximum atomic E-state index is 13.9. The topological polar surface area (TPSA) is 104 Å². The molecule has 0 radical (unpaired) electrons. The van der Waals surface area contributed by atoms with Crippen LogP contribution in [0.2, 0.25) is 0 Å². The highest BCUT2D eigenvalue weighted by Gasteiger charge is 2.28. The maximum Gasteiger partial charge on any atom is 0.267 e. The third-order valence-electron chi connectivity index (χ3n) is 2.86. The lowest BCUT2D eigenvalue weighted by Gasteiger charge is -2.11. The number of hydrogen-bond donors (Lipinski definition) is 1. The summed E-state index contributed by atoms with van der Waals surface area (Å²) in [6, 6.07) is 5.69. The van der Waals surface area contributed by atoms with Crippen LogP contribution in [0.25, 0.3) is 10.4 Å². The zero-order chi connectivity index (χ0) is 17.9. The van der Waals surface area contributed by atoms with E-state index in [1.54, 1.807) is 0 Å². The SMILES string of the molecule is COc1ccc(NS(=O)(=O)c2c(F)cc(N=[N+]=[N-])c(F)c2F)cc1. The van der Waals surface area contributed by atoms with Crippen molar-refractivity contribution >= 4 is 21.4 Å². The summed E-state index contributed by atoms with van der Waals surface area (Å²) in [5.41, 5.74) is 7.19. The fourth-order valence-corrected chi connectivity index (χ4v) is 2.99. The first-order valence-corrected chi connectivity index (χ1v) is 7.68. The van der Waals surface area contributed by atoms with E-state index in [0.717, 1.165) is 0 Å². The molecular formula is C13H9F3N4O3S. The fraction of sp³-hybridized carbons (Fsp3) is 0.0769. The molecule has 11 heteroatoms. The molecule has 0 fully saturated rings. The van der Waals surface area contributed by atoms with Gasteiger partial charge in [-0.2, -0.15) is 0 Å². The van der Waals surface area contributed by atoms with Crippen LogP contribution in [-0.4, -0.2) is 15.5 Å². The second kappa shape index (κ2) is 6.69. The minimum absolute atomic E-state index is 0.0193. The molecule has 126 valence electrons. The highest BCUT2D eigenvalue weighted by Crippen LogP contribution is 2.30. The number of sulfonamides is 1. The van der Waals surface area contributed by atoms with Gasteiger partial charge >= 0.3 is 0 Å². The van der Waals surface area contributed by atoms with E-state index in [0.29, 0.717) is 11.8 Å². The smallest absolute Gasteiger partial charge is 0.267 e. The Morgan fingerprint density at radius 3 is 2.33 bits per heavy atom. The minimum Gasteiger partial charge on any atom is -0.497 e. The van der Waals surface area contributed by atoms with Crippen LogP contribution in [0.1, 0.15) is 0 Å². The molecule has 0 atom stereocenters. The maximum absolute atomic E-state index is 13.9. The Hall–Kier alpha value is -2.91. The van der Waals surface area contributed by atoms with Crippen molar-refractivity contribution in [3.63, 3.8) is 0 Å². The van der Waals surface area contributed by atoms with Crippen LogP contribution < -0.4 is 9.46 Å². The van der Waals surface area contributed by atoms with Crippen molar-refractivity contribution in [3.8, 4) is 5.75 Å². The number of benzene rings is 2. The summed E-state index contributed by atoms with van der Waals surface area (Å²) >= 11 is 0. The second-order valence-electron chi connectivity index (χ2n) is 4.36. The fourth-order valence-electron chi connectivity index (χ4n) is 1.80. The summed E-state index contributed by atoms with van der Waals surface area (Å²) in [6.07, 6.45) is 0. The van der Waals surface area contributed by atoms with Crippen LogP contribution in [-0.2, 0) is 10.0 Å². The van der Waals surface area contributed by atoms with Gasteiger partial charge in [0.25, 0.3) is 10.0 Å². The molecular weight excluding hydrogens is 349 g/mol. The highest BCUT2D eigenvalue weighted by atomic mass is 32.2. The predicted molar refractivity (Wildman–Crippen MR) is 78.9 cm³/mol. The lowest BCUT2D eigenvalue weighted by atomic mass is 10.3. The number of ether oxygens (including phenoxy) is 1. The van der Waals surface area contributed by atoms with Crippen molar-refractivity contribution in [3.05, 3.63) is 58.2 Å². The quantitative estimate of drug-likeness (QED) is 0.380. The molecule has 2 aromatic carbocycles. The summed E-state index contributed by atoms with van der Waals surface area (Å²) in [4.78, 5) is 0.679. The molecule has 0 aliphatic heterocycles. The Morgan fingerprint density at radius 2 is 1.79 bits per heavy atom. The first kappa shape index (κ1) is 17.4. The number of nitrogens with one attached hydrogen (secondary N) is 1. The Kier molecular flexibility index (Phi) is 4.86. The average molecular weight is 358 g/mol. The third-order valence-corrected chi connectivity index (χ3v) is 4.28. The van der Waals surface area contributed by atoms with Crippen molar-refractivity contribution in [2.24, 2.45) is 5.11 Å². The van der Waals surface area contributed by atoms with E-state index < -0.39 is 38.1 Å². The molecule has 0 saturated carbocycles. The van der Waals surface area contributed by atoms with Gasteiger partial charge in [0.1, 0.15) is 11.6 Å². The number of methoxy groups -OCH3 is 1. The standard InChI is InChI=1S/C13H9F3N4O3S/c1-23-8-4-2-7(3-5-8)19-24(21,22)13-9(14)6-10(18-20-17)11(15)12(13)16/h2-6,19H,1H3. The van der Waals surface area contributed by atoms with Gasteiger partial charge in [0, 0.05) is 10.6 Å². The number of anilines is 1. The molecule has 7 nitrogen and oxygen atoms in total. The van der Waals surface area contributed by atoms with E-state index in [1.807, 2.05) is 4.72 Å². The van der Waals surface area contributed by atoms with Crippen molar-refractivity contribution in [1.82, 2.24) is 0 Å². The molecule has 0 amide bonds. The molecule has 0 spiro atoms. The molecule has 0 bridgehead atoms. The first-order valence-electron chi connectivity index (χ1n) is 6.19. The van der Waals surface area contributed by atoms with Crippen molar-refractivity contribution in [2.75, 3.05) is 11.8 Å². The number of nitrogens with zero attached hydrogens (tertiary/aromatic N) is 3. The molecule has 2 aromatic rings. The normalized spacial score (nSPS) is 10.8. The van der Waals surface area contributed by atoms with E-state index in [4.69, 9.17) is 10.3 Å². The summed E-state index contributed by atoms with van der Waals surface area (Å²) in [7, 11) is -3.36. The Labute approximate surface area is 134 Å². The van der Waals surface area contributed by atoms with E-state index in [-0.39, 0.29) is 5.69 Å². The minimum atomic E-state index is -4.76. The summed E-state index contributed by atoms with van der Waals surface area (Å²) in [6.45, 7) is 0. The number of rotatable bonds is 5. The Balaban J connectivity index is 2.49. The second-order valence-corrected chi connectivity index (χ2v) is 5.98. The Morgan fingerprint density at radius 1 is 1.17 bits per heavy atom. The third kappa shape index (κ3) is 3.36. The van der Waals surface area contributed by atoms with Gasteiger partial charge in [-0.1, -0.05) is 5.11 Å². The van der Waals surface area contributed by atoms with Crippen LogP contribution in [0, 0.1) is 17.5 Å². The predicted octanol–water partition coefficient (Wildman–Crippen LogP) is 3.86. The molecule has 0 heterocycles. The number of hydrogen-bond acceptors (Lipinski definition) is 4. The van der Waals surface area contributed by atoms with E-state index in [2.05, 4.69) is 10.0 Å². The van der Waals surface area contributed by atoms with Crippen molar-refractivity contribution in [2.45, 2.75) is 4.90 Å². The Bertz CT molecular complexity index is 926. The van der Waals surface area contributed by atoms with Gasteiger partial charge in [0.05, 0.1) is 12.8 Å². The van der Waals surface area contributed by atoms with Crippen LogP contribution in [0.15, 0.2) is 40.3 Å². The van der Waals surface area contributed by atoms with Crippen molar-refractivity contribution < 1.29 is 26.3 Å². The number of halogens is 3. The molecule has 2 rings (SSSR count). The van der Waals surface area contributed by atoms with Gasteiger partial charge in [-0.3, -0.25) is 4.72 Å². The van der Waals surface area contributed by atoms with Gasteiger partial charge in [-0.15, -0.1) is 0 Å². The van der Waals surface area contributed by atoms with Crippen LogP contribution in [0.5, 0.6) is 5.75 Å². The first-order chi connectivity index (χ1) is 11.3. The van der Waals surface area contributed by atoms with Gasteiger partial charge < -0.3 is 4.74 Å². The molecule has 0 unspecified atom stereocenters. The van der Waals surface area contributed by atoms with Gasteiger partial charge in [0.2, 0.25) is 0 Å². The largest absolute Gasteiger partial charge is 0.497 e. The zero-order valence-corrected chi connectivity index (χ0v) is 12.8. The van der Waals surface area contributed by atoms with Crippen LogP contribution in [0.3, 0.4) is 0 Å². The summed E-state index contributed by atoms with van der Waals surface area (Å²) < 4.78 is 72.6. The van der Waals surface area contributed by atoms with Gasteiger partial charge in [-0.25, -0.2) is 21.6 Å². The molecule has 0 aliphatic carbocycles. The lowest BCUT2D eigenvalue weighted by molar-refractivity contribution is 0.415. The number of azide groups is 1. The van der Waals surface area contributed by atoms with Gasteiger partial charge in [0.15, 0.2) is 16.5 Å². The van der Waals surface area contributed by atoms with E-state index in [9.17, 15) is 21.6 Å². The van der Waals surface area contributed by atoms with Gasteiger partial charge in [-0.05, 0) is 35.9 Å².